The first-order valence-corrected chi connectivity index (χ1v) is 6.15. The molecule has 76 valence electrons. The molecule has 1 fully saturated rings. The van der Waals surface area contributed by atoms with E-state index < -0.39 is 0 Å². The Morgan fingerprint density at radius 1 is 1.14 bits per heavy atom. The zero-order chi connectivity index (χ0) is 9.97. The molecule has 0 aromatic heterocycles. The number of halogens is 1. The number of piperazine rings is 1. The van der Waals surface area contributed by atoms with Gasteiger partial charge in [-0.3, -0.25) is 0 Å². The van der Waals surface area contributed by atoms with Crippen LogP contribution in [0.5, 0.6) is 0 Å². The van der Waals surface area contributed by atoms with E-state index in [1.807, 2.05) is 0 Å². The summed E-state index contributed by atoms with van der Waals surface area (Å²) in [5.41, 5.74) is 1.37. The van der Waals surface area contributed by atoms with Gasteiger partial charge in [-0.1, -0.05) is 0 Å². The Morgan fingerprint density at radius 3 is 2.29 bits per heavy atom. The molecule has 1 aliphatic heterocycles. The number of nitrogens with one attached hydrogen (secondary N) is 1. The molecule has 0 atom stereocenters. The molecule has 0 aliphatic carbocycles. The molecule has 0 radical (unpaired) electrons. The van der Waals surface area contributed by atoms with E-state index >= 15 is 0 Å². The molecule has 1 N–H and O–H groups in total. The number of anilines is 1. The largest absolute Gasteiger partial charge is 0.360 e. The Bertz CT molecular complexity index is 289. The lowest BCUT2D eigenvalue weighted by molar-refractivity contribution is -0.880. The lowest BCUT2D eigenvalue weighted by Crippen LogP contribution is -3.12. The van der Waals surface area contributed by atoms with E-state index in [2.05, 4.69) is 58.8 Å². The van der Waals surface area contributed by atoms with Gasteiger partial charge in [-0.2, -0.15) is 0 Å². The summed E-state index contributed by atoms with van der Waals surface area (Å²) in [5, 5.41) is 0. The van der Waals surface area contributed by atoms with E-state index in [0.29, 0.717) is 0 Å². The highest BCUT2D eigenvalue weighted by molar-refractivity contribution is 14.1. The second kappa shape index (κ2) is 4.49. The molecule has 1 heterocycles. The average Bonchev–Trinajstić information content (AvgIpc) is 2.21. The van der Waals surface area contributed by atoms with E-state index in [9.17, 15) is 0 Å². The molecule has 14 heavy (non-hydrogen) atoms. The number of hydrogen-bond acceptors (Lipinski definition) is 1. The second-order valence-electron chi connectivity index (χ2n) is 3.92. The molecule has 2 rings (SSSR count). The van der Waals surface area contributed by atoms with Crippen molar-refractivity contribution >= 4 is 28.3 Å². The van der Waals surface area contributed by atoms with Crippen molar-refractivity contribution in [3.05, 3.63) is 27.8 Å². The maximum absolute atomic E-state index is 2.48. The molecule has 0 unspecified atom stereocenters. The number of benzene rings is 1. The summed E-state index contributed by atoms with van der Waals surface area (Å²) in [5.74, 6) is 0. The van der Waals surface area contributed by atoms with Gasteiger partial charge in [0.15, 0.2) is 0 Å². The van der Waals surface area contributed by atoms with Crippen molar-refractivity contribution in [1.29, 1.82) is 0 Å². The van der Waals surface area contributed by atoms with Crippen molar-refractivity contribution in [1.82, 2.24) is 0 Å². The van der Waals surface area contributed by atoms with Crippen molar-refractivity contribution < 1.29 is 4.90 Å². The molecular formula is C11H16IN2+. The molecule has 1 saturated heterocycles. The summed E-state index contributed by atoms with van der Waals surface area (Å²) < 4.78 is 1.31. The van der Waals surface area contributed by atoms with E-state index in [0.717, 1.165) is 0 Å². The number of likely N-dealkylation sites (N-methyl/N-ethyl adjacent to an activating group) is 1. The zero-order valence-electron chi connectivity index (χ0n) is 8.46. The van der Waals surface area contributed by atoms with Crippen molar-refractivity contribution in [3.63, 3.8) is 0 Å². The van der Waals surface area contributed by atoms with E-state index in [-0.39, 0.29) is 0 Å². The third-order valence-corrected chi connectivity index (χ3v) is 3.53. The maximum Gasteiger partial charge on any atom is 0.0947 e. The molecule has 0 spiro atoms. The molecular weight excluding hydrogens is 287 g/mol. The monoisotopic (exact) mass is 303 g/mol. The molecule has 0 amide bonds. The van der Waals surface area contributed by atoms with Crippen molar-refractivity contribution in [3.8, 4) is 0 Å². The summed E-state index contributed by atoms with van der Waals surface area (Å²) in [6.45, 7) is 4.89. The molecule has 2 nitrogen and oxygen atoms in total. The first kappa shape index (κ1) is 10.2. The van der Waals surface area contributed by atoms with Crippen LogP contribution >= 0.6 is 22.6 Å². The van der Waals surface area contributed by atoms with Crippen LogP contribution in [-0.4, -0.2) is 33.2 Å². The lowest BCUT2D eigenvalue weighted by atomic mass is 10.2. The Hall–Kier alpha value is -0.290. The number of quaternary nitrogens is 1. The highest BCUT2D eigenvalue weighted by Gasteiger charge is 2.16. The van der Waals surface area contributed by atoms with Gasteiger partial charge in [-0.25, -0.2) is 0 Å². The minimum absolute atomic E-state index is 1.19. The van der Waals surface area contributed by atoms with Gasteiger partial charge in [-0.15, -0.1) is 0 Å². The summed E-state index contributed by atoms with van der Waals surface area (Å²) >= 11 is 2.35. The molecule has 1 aromatic rings. The molecule has 1 aromatic carbocycles. The Labute approximate surface area is 99.0 Å². The van der Waals surface area contributed by atoms with E-state index in [1.54, 1.807) is 4.90 Å². The van der Waals surface area contributed by atoms with Gasteiger partial charge in [0.2, 0.25) is 0 Å². The van der Waals surface area contributed by atoms with Crippen LogP contribution in [0.4, 0.5) is 5.69 Å². The van der Waals surface area contributed by atoms with Crippen LogP contribution in [-0.2, 0) is 0 Å². The summed E-state index contributed by atoms with van der Waals surface area (Å²) in [6, 6.07) is 8.81. The van der Waals surface area contributed by atoms with Crippen LogP contribution in [0, 0.1) is 3.57 Å². The summed E-state index contributed by atoms with van der Waals surface area (Å²) in [4.78, 5) is 4.12. The third-order valence-electron chi connectivity index (χ3n) is 2.81. The fourth-order valence-electron chi connectivity index (χ4n) is 1.80. The third kappa shape index (κ3) is 2.39. The maximum atomic E-state index is 2.48. The topological polar surface area (TPSA) is 7.68 Å². The number of nitrogens with zero attached hydrogens (tertiary/aromatic N) is 1. The van der Waals surface area contributed by atoms with Gasteiger partial charge in [0.25, 0.3) is 0 Å². The van der Waals surface area contributed by atoms with Crippen LogP contribution in [0.2, 0.25) is 0 Å². The Kier molecular flexibility index (Phi) is 3.28. The van der Waals surface area contributed by atoms with Crippen LogP contribution in [0.3, 0.4) is 0 Å². The van der Waals surface area contributed by atoms with E-state index in [1.165, 1.54) is 35.4 Å². The predicted molar refractivity (Wildman–Crippen MR) is 68.0 cm³/mol. The highest BCUT2D eigenvalue weighted by atomic mass is 127. The minimum Gasteiger partial charge on any atom is -0.360 e. The minimum atomic E-state index is 1.19. The highest BCUT2D eigenvalue weighted by Crippen LogP contribution is 2.15. The second-order valence-corrected chi connectivity index (χ2v) is 5.17. The van der Waals surface area contributed by atoms with Crippen molar-refractivity contribution in [2.75, 3.05) is 38.1 Å². The van der Waals surface area contributed by atoms with Crippen LogP contribution in [0.1, 0.15) is 0 Å². The van der Waals surface area contributed by atoms with Crippen LogP contribution < -0.4 is 9.80 Å². The molecule has 1 aliphatic rings. The Balaban J connectivity index is 2.05. The van der Waals surface area contributed by atoms with Crippen LogP contribution in [0.25, 0.3) is 0 Å². The summed E-state index contributed by atoms with van der Waals surface area (Å²) in [6.07, 6.45) is 0. The zero-order valence-corrected chi connectivity index (χ0v) is 10.6. The Morgan fingerprint density at radius 2 is 1.71 bits per heavy atom. The molecule has 0 saturated carbocycles. The molecule has 0 bridgehead atoms. The normalized spacial score (nSPS) is 18.6. The van der Waals surface area contributed by atoms with Gasteiger partial charge in [0, 0.05) is 9.26 Å². The van der Waals surface area contributed by atoms with Gasteiger partial charge in [0.1, 0.15) is 0 Å². The first-order chi connectivity index (χ1) is 6.75. The van der Waals surface area contributed by atoms with Gasteiger partial charge >= 0.3 is 0 Å². The fourth-order valence-corrected chi connectivity index (χ4v) is 2.16. The van der Waals surface area contributed by atoms with E-state index in [4.69, 9.17) is 0 Å². The van der Waals surface area contributed by atoms with Gasteiger partial charge in [-0.05, 0) is 46.9 Å². The lowest BCUT2D eigenvalue weighted by Gasteiger charge is -2.31. The SMILES string of the molecule is C[NH+]1CCN(c2ccc(I)cc2)CC1. The van der Waals surface area contributed by atoms with Crippen molar-refractivity contribution in [2.45, 2.75) is 0 Å². The smallest absolute Gasteiger partial charge is 0.0947 e. The standard InChI is InChI=1S/C11H15IN2/c1-13-6-8-14(9-7-13)11-4-2-10(12)3-5-11/h2-5H,6-9H2,1H3/p+1. The predicted octanol–water partition coefficient (Wildman–Crippen LogP) is 0.626. The average molecular weight is 303 g/mol. The quantitative estimate of drug-likeness (QED) is 0.748. The first-order valence-electron chi connectivity index (χ1n) is 5.07. The van der Waals surface area contributed by atoms with Gasteiger partial charge < -0.3 is 9.80 Å². The number of hydrogen-bond donors (Lipinski definition) is 1. The molecule has 3 heteroatoms. The number of rotatable bonds is 1. The summed E-state index contributed by atoms with van der Waals surface area (Å²) in [7, 11) is 2.27. The van der Waals surface area contributed by atoms with Crippen molar-refractivity contribution in [2.24, 2.45) is 0 Å². The van der Waals surface area contributed by atoms with Crippen LogP contribution in [0.15, 0.2) is 24.3 Å². The fraction of sp³-hybridized carbons (Fsp3) is 0.455. The van der Waals surface area contributed by atoms with Gasteiger partial charge in [0.05, 0.1) is 33.2 Å².